The van der Waals surface area contributed by atoms with E-state index in [1.54, 1.807) is 4.90 Å². The van der Waals surface area contributed by atoms with Crippen LogP contribution in [-0.2, 0) is 6.18 Å². The molecule has 0 bridgehead atoms. The molecule has 1 unspecified atom stereocenters. The number of alkyl halides is 4. The highest BCUT2D eigenvalue weighted by Crippen LogP contribution is 2.54. The van der Waals surface area contributed by atoms with E-state index in [1.165, 1.54) is 0 Å². The van der Waals surface area contributed by atoms with Gasteiger partial charge in [0.1, 0.15) is 5.82 Å². The van der Waals surface area contributed by atoms with Crippen LogP contribution in [0.4, 0.5) is 22.0 Å². The monoisotopic (exact) mass is 413 g/mol. The van der Waals surface area contributed by atoms with Crippen molar-refractivity contribution in [3.63, 3.8) is 0 Å². The first-order valence-corrected chi connectivity index (χ1v) is 9.71. The summed E-state index contributed by atoms with van der Waals surface area (Å²) in [5.41, 5.74) is 1.69. The molecule has 1 aromatic rings. The predicted octanol–water partition coefficient (Wildman–Crippen LogP) is 5.07. The van der Waals surface area contributed by atoms with Gasteiger partial charge in [0.05, 0.1) is 17.0 Å². The largest absolute Gasteiger partial charge is 0.417 e. The number of aromatic nitrogens is 1. The minimum Gasteiger partial charge on any atom is -0.379 e. The van der Waals surface area contributed by atoms with Gasteiger partial charge in [0.25, 0.3) is 0 Å². The highest BCUT2D eigenvalue weighted by atomic mass is 19.4. The summed E-state index contributed by atoms with van der Waals surface area (Å²) in [7, 11) is 0. The van der Waals surface area contributed by atoms with Crippen molar-refractivity contribution in [1.82, 2.24) is 15.2 Å². The van der Waals surface area contributed by atoms with E-state index in [2.05, 4.69) is 17.2 Å². The lowest BCUT2D eigenvalue weighted by atomic mass is 9.74. The number of nitrogens with zero attached hydrogens (tertiary/aromatic N) is 2. The van der Waals surface area contributed by atoms with Crippen LogP contribution in [0, 0.1) is 5.82 Å². The first-order valence-electron chi connectivity index (χ1n) is 9.71. The van der Waals surface area contributed by atoms with E-state index in [0.29, 0.717) is 23.5 Å². The van der Waals surface area contributed by atoms with Crippen LogP contribution in [0.2, 0.25) is 0 Å². The lowest BCUT2D eigenvalue weighted by Crippen LogP contribution is -2.65. The topological polar surface area (TPSA) is 28.2 Å². The first kappa shape index (κ1) is 20.3. The average Bonchev–Trinajstić information content (AvgIpc) is 3.29. The van der Waals surface area contributed by atoms with Crippen molar-refractivity contribution in [2.75, 3.05) is 13.1 Å². The molecule has 2 heterocycles. The van der Waals surface area contributed by atoms with Crippen LogP contribution in [0.5, 0.6) is 0 Å². The molecule has 1 aliphatic heterocycles. The zero-order valence-electron chi connectivity index (χ0n) is 16.8. The molecule has 2 aliphatic carbocycles. The Labute approximate surface area is 166 Å². The van der Waals surface area contributed by atoms with Crippen LogP contribution in [0.3, 0.4) is 0 Å². The van der Waals surface area contributed by atoms with E-state index >= 15 is 4.39 Å². The van der Waals surface area contributed by atoms with Crippen molar-refractivity contribution in [2.45, 2.75) is 64.0 Å². The molecule has 0 spiro atoms. The van der Waals surface area contributed by atoms with Gasteiger partial charge in [-0.25, -0.2) is 8.78 Å². The van der Waals surface area contributed by atoms with Gasteiger partial charge in [-0.2, -0.15) is 13.2 Å². The fourth-order valence-electron chi connectivity index (χ4n) is 4.30. The molecule has 3 aliphatic rings. The normalized spacial score (nSPS) is 26.9. The van der Waals surface area contributed by atoms with Crippen LogP contribution in [0.25, 0.3) is 0 Å². The molecule has 0 amide bonds. The molecule has 1 saturated heterocycles. The van der Waals surface area contributed by atoms with Crippen molar-refractivity contribution in [1.29, 1.82) is 0 Å². The van der Waals surface area contributed by atoms with E-state index in [9.17, 15) is 17.6 Å². The Kier molecular flexibility index (Phi) is 4.39. The number of hydrogen-bond acceptors (Lipinski definition) is 3. The molecule has 1 N–H and O–H groups in total. The van der Waals surface area contributed by atoms with E-state index in [1.807, 2.05) is 20.8 Å². The third-order valence-corrected chi connectivity index (χ3v) is 6.24. The Morgan fingerprint density at radius 1 is 1.24 bits per heavy atom. The summed E-state index contributed by atoms with van der Waals surface area (Å²) < 4.78 is 68.7. The fourth-order valence-corrected chi connectivity index (χ4v) is 4.30. The lowest BCUT2D eigenvalue weighted by molar-refractivity contribution is -0.138. The maximum absolute atomic E-state index is 16.2. The first-order chi connectivity index (χ1) is 13.4. The zero-order chi connectivity index (χ0) is 21.4. The molecular weight excluding hydrogens is 389 g/mol. The summed E-state index contributed by atoms with van der Waals surface area (Å²) in [5.74, 6) is -3.21. The second kappa shape index (κ2) is 6.27. The second-order valence-corrected chi connectivity index (χ2v) is 8.87. The van der Waals surface area contributed by atoms with Crippen molar-refractivity contribution in [3.05, 3.63) is 51.8 Å². The molecule has 1 atom stereocenters. The molecule has 8 heteroatoms. The Hall–Kier alpha value is -1.96. The van der Waals surface area contributed by atoms with Crippen LogP contribution in [-0.4, -0.2) is 34.3 Å². The van der Waals surface area contributed by atoms with Crippen molar-refractivity contribution < 1.29 is 22.0 Å². The predicted molar refractivity (Wildman–Crippen MR) is 99.2 cm³/mol. The highest BCUT2D eigenvalue weighted by molar-refractivity contribution is 5.60. The van der Waals surface area contributed by atoms with Crippen molar-refractivity contribution in [3.8, 4) is 0 Å². The Bertz CT molecular complexity index is 919. The summed E-state index contributed by atoms with van der Waals surface area (Å²) in [5, 5.41) is 3.35. The second-order valence-electron chi connectivity index (χ2n) is 8.87. The summed E-state index contributed by atoms with van der Waals surface area (Å²) in [6.45, 7) is 8.04. The molecule has 29 heavy (non-hydrogen) atoms. The maximum atomic E-state index is 16.2. The molecule has 1 saturated carbocycles. The zero-order valence-corrected chi connectivity index (χ0v) is 16.8. The molecular formula is C21H24F5N3. The molecule has 2 fully saturated rings. The highest BCUT2D eigenvalue weighted by Gasteiger charge is 2.59. The number of hydrogen-bond donors (Lipinski definition) is 1. The molecule has 4 rings (SSSR count). The number of pyridine rings is 1. The minimum atomic E-state index is -4.65. The number of nitrogens with one attached hydrogen (secondary N) is 1. The number of allylic oxidation sites excluding steroid dienone is 1. The number of likely N-dealkylation sites (tertiary alicyclic amines) is 1. The fraction of sp³-hybridized carbons (Fsp3) is 0.571. The Morgan fingerprint density at radius 2 is 1.86 bits per heavy atom. The third-order valence-electron chi connectivity index (χ3n) is 6.24. The van der Waals surface area contributed by atoms with Crippen LogP contribution >= 0.6 is 0 Å². The SMILES string of the molecule is CC(C)=C1C(C)=C(NC2(C)CC2)C1(F)N1CC(c2ncc(C(F)(F)F)cc2F)C1. The van der Waals surface area contributed by atoms with Crippen molar-refractivity contribution in [2.24, 2.45) is 0 Å². The van der Waals surface area contributed by atoms with Gasteiger partial charge in [0.2, 0.25) is 5.79 Å². The smallest absolute Gasteiger partial charge is 0.379 e. The summed E-state index contributed by atoms with van der Waals surface area (Å²) in [4.78, 5) is 5.31. The van der Waals surface area contributed by atoms with Gasteiger partial charge in [0, 0.05) is 36.3 Å². The van der Waals surface area contributed by atoms with E-state index in [-0.39, 0.29) is 24.3 Å². The van der Waals surface area contributed by atoms with E-state index in [0.717, 1.165) is 24.0 Å². The molecule has 0 aromatic carbocycles. The third kappa shape index (κ3) is 3.16. The molecule has 1 aromatic heterocycles. The van der Waals surface area contributed by atoms with Gasteiger partial charge in [0.15, 0.2) is 0 Å². The van der Waals surface area contributed by atoms with Crippen LogP contribution in [0.1, 0.15) is 57.7 Å². The van der Waals surface area contributed by atoms with Crippen LogP contribution < -0.4 is 5.32 Å². The minimum absolute atomic E-state index is 0.0414. The van der Waals surface area contributed by atoms with Gasteiger partial charge < -0.3 is 5.32 Å². The van der Waals surface area contributed by atoms with E-state index < -0.39 is 29.3 Å². The van der Waals surface area contributed by atoms with Gasteiger partial charge in [-0.05, 0) is 52.2 Å². The number of halogens is 5. The van der Waals surface area contributed by atoms with E-state index in [4.69, 9.17) is 0 Å². The van der Waals surface area contributed by atoms with Gasteiger partial charge in [-0.15, -0.1) is 0 Å². The van der Waals surface area contributed by atoms with Gasteiger partial charge in [-0.3, -0.25) is 9.88 Å². The van der Waals surface area contributed by atoms with Crippen molar-refractivity contribution >= 4 is 0 Å². The van der Waals surface area contributed by atoms with Crippen LogP contribution in [0.15, 0.2) is 34.7 Å². The Morgan fingerprint density at radius 3 is 2.34 bits per heavy atom. The summed E-state index contributed by atoms with van der Waals surface area (Å²) in [6, 6.07) is 0.464. The molecule has 3 nitrogen and oxygen atoms in total. The quantitative estimate of drug-likeness (QED) is 0.552. The Balaban J connectivity index is 1.55. The standard InChI is InChI=1S/C21H24F5N3/c1-11(2)16-12(3)18(28-19(4)5-6-19)20(16,23)29-9-13(10-29)17-15(22)7-14(8-27-17)21(24,25)26/h7-8,13,28H,5-6,9-10H2,1-4H3. The molecule has 0 radical (unpaired) electrons. The average molecular weight is 413 g/mol. The number of rotatable bonds is 4. The van der Waals surface area contributed by atoms with Gasteiger partial charge in [-0.1, -0.05) is 5.57 Å². The van der Waals surface area contributed by atoms with Gasteiger partial charge >= 0.3 is 6.18 Å². The summed E-state index contributed by atoms with van der Waals surface area (Å²) in [6.07, 6.45) is -2.05. The maximum Gasteiger partial charge on any atom is 0.417 e. The molecule has 158 valence electrons. The lowest BCUT2D eigenvalue weighted by Gasteiger charge is -2.55. The summed E-state index contributed by atoms with van der Waals surface area (Å²) >= 11 is 0.